The van der Waals surface area contributed by atoms with Crippen LogP contribution < -0.4 is 5.32 Å². The van der Waals surface area contributed by atoms with E-state index in [1.165, 1.54) is 6.20 Å². The number of hydrogen-bond acceptors (Lipinski definition) is 5. The van der Waals surface area contributed by atoms with Gasteiger partial charge in [0.25, 0.3) is 0 Å². The van der Waals surface area contributed by atoms with Crippen molar-refractivity contribution in [2.75, 3.05) is 5.32 Å². The molecule has 3 aromatic carbocycles. The Hall–Kier alpha value is -4.36. The van der Waals surface area contributed by atoms with E-state index in [9.17, 15) is 14.4 Å². The first-order valence-electron chi connectivity index (χ1n) is 12.7. The number of fused-ring (bicyclic) bond motifs is 6. The van der Waals surface area contributed by atoms with Crippen LogP contribution in [0.15, 0.2) is 108 Å². The third-order valence-corrected chi connectivity index (χ3v) is 8.72. The maximum Gasteiger partial charge on any atom is 0.238 e. The number of aromatic nitrogens is 1. The molecule has 3 aliphatic heterocycles. The summed E-state index contributed by atoms with van der Waals surface area (Å²) in [5.41, 5.74) is 2.74. The molecular formula is C32H22BrN3O3. The molecule has 0 unspecified atom stereocenters. The largest absolute Gasteiger partial charge is 0.358 e. The van der Waals surface area contributed by atoms with Gasteiger partial charge in [-0.3, -0.25) is 19.4 Å². The van der Waals surface area contributed by atoms with Crippen LogP contribution in [0.3, 0.4) is 0 Å². The molecule has 0 saturated carbocycles. The van der Waals surface area contributed by atoms with Gasteiger partial charge in [-0.2, -0.15) is 0 Å². The van der Waals surface area contributed by atoms with Crippen LogP contribution in [0.1, 0.15) is 43.4 Å². The van der Waals surface area contributed by atoms with Crippen molar-refractivity contribution in [2.24, 2.45) is 5.92 Å². The first-order valence-corrected chi connectivity index (χ1v) is 13.5. The molecule has 4 heterocycles. The molecule has 0 aliphatic carbocycles. The predicted octanol–water partition coefficient (Wildman–Crippen LogP) is 5.83. The minimum Gasteiger partial charge on any atom is -0.358 e. The van der Waals surface area contributed by atoms with E-state index in [1.807, 2.05) is 77.8 Å². The topological polar surface area (TPSA) is 79.4 Å². The molecule has 6 nitrogen and oxygen atoms in total. The van der Waals surface area contributed by atoms with Crippen molar-refractivity contribution in [1.82, 2.24) is 9.88 Å². The fourth-order valence-corrected chi connectivity index (χ4v) is 6.91. The van der Waals surface area contributed by atoms with E-state index in [4.69, 9.17) is 0 Å². The number of amides is 1. The number of halogens is 1. The van der Waals surface area contributed by atoms with E-state index >= 15 is 0 Å². The Balaban J connectivity index is 1.54. The summed E-state index contributed by atoms with van der Waals surface area (Å²) in [6.45, 7) is 0. The molecule has 1 saturated heterocycles. The van der Waals surface area contributed by atoms with Gasteiger partial charge < -0.3 is 10.2 Å². The van der Waals surface area contributed by atoms with Gasteiger partial charge in [0.2, 0.25) is 5.91 Å². The smallest absolute Gasteiger partial charge is 0.238 e. The van der Waals surface area contributed by atoms with Gasteiger partial charge in [-0.25, -0.2) is 0 Å². The lowest BCUT2D eigenvalue weighted by atomic mass is 9.62. The number of hydrogen-bond donors (Lipinski definition) is 1. The lowest BCUT2D eigenvalue weighted by Gasteiger charge is -2.38. The third kappa shape index (κ3) is 3.32. The number of nitrogens with zero attached hydrogens (tertiary/aromatic N) is 2. The molecule has 4 aromatic rings. The number of para-hydroxylation sites is 1. The third-order valence-electron chi connectivity index (χ3n) is 8.20. The zero-order chi connectivity index (χ0) is 26.7. The van der Waals surface area contributed by atoms with Crippen LogP contribution in [0.2, 0.25) is 0 Å². The van der Waals surface area contributed by atoms with Crippen LogP contribution >= 0.6 is 15.9 Å². The minimum atomic E-state index is -1.35. The standard InChI is InChI=1S/C32H22BrN3O3/c33-22-13-11-20(12-14-22)29(38)27-26(28(37)21-7-5-16-34-18-21)32(24-9-3-4-10-25(24)35-31(32)39)30-23-8-2-1-6-19(23)15-17-36(27)30/h1-18,26-27,30H,(H,35,39)/t26-,27+,30-,32+/m0/s1. The Morgan fingerprint density at radius 2 is 1.64 bits per heavy atom. The highest BCUT2D eigenvalue weighted by Gasteiger charge is 2.70. The quantitative estimate of drug-likeness (QED) is 0.310. The number of carbonyl (C=O) groups excluding carboxylic acids is 3. The highest BCUT2D eigenvalue weighted by Crippen LogP contribution is 2.62. The predicted molar refractivity (Wildman–Crippen MR) is 151 cm³/mol. The second kappa shape index (κ2) is 8.85. The van der Waals surface area contributed by atoms with E-state index in [0.29, 0.717) is 16.8 Å². The summed E-state index contributed by atoms with van der Waals surface area (Å²) in [7, 11) is 0. The van der Waals surface area contributed by atoms with Gasteiger partial charge in [0.1, 0.15) is 11.5 Å². The zero-order valence-corrected chi connectivity index (χ0v) is 22.2. The molecule has 7 heteroatoms. The molecule has 39 heavy (non-hydrogen) atoms. The highest BCUT2D eigenvalue weighted by atomic mass is 79.9. The van der Waals surface area contributed by atoms with Crippen molar-refractivity contribution in [3.8, 4) is 0 Å². The van der Waals surface area contributed by atoms with Crippen molar-refractivity contribution in [2.45, 2.75) is 17.5 Å². The summed E-state index contributed by atoms with van der Waals surface area (Å²) in [4.78, 5) is 49.5. The molecular weight excluding hydrogens is 554 g/mol. The Bertz CT molecular complexity index is 1680. The van der Waals surface area contributed by atoms with E-state index in [1.54, 1.807) is 30.5 Å². The fraction of sp³-hybridized carbons (Fsp3) is 0.125. The van der Waals surface area contributed by atoms with E-state index in [2.05, 4.69) is 26.2 Å². The lowest BCUT2D eigenvalue weighted by Crippen LogP contribution is -2.49. The van der Waals surface area contributed by atoms with Crippen LogP contribution in [0.5, 0.6) is 0 Å². The van der Waals surface area contributed by atoms with Crippen molar-refractivity contribution in [1.29, 1.82) is 0 Å². The first kappa shape index (κ1) is 23.7. The van der Waals surface area contributed by atoms with E-state index in [0.717, 1.165) is 21.2 Å². The van der Waals surface area contributed by atoms with Gasteiger partial charge >= 0.3 is 0 Å². The maximum absolute atomic E-state index is 14.6. The number of anilines is 1. The fourth-order valence-electron chi connectivity index (χ4n) is 6.64. The van der Waals surface area contributed by atoms with Crippen LogP contribution in [0, 0.1) is 5.92 Å². The maximum atomic E-state index is 14.6. The van der Waals surface area contributed by atoms with Crippen molar-refractivity contribution in [3.05, 3.63) is 136 Å². The van der Waals surface area contributed by atoms with E-state index in [-0.39, 0.29) is 17.5 Å². The number of carbonyl (C=O) groups is 3. The second-order valence-corrected chi connectivity index (χ2v) is 11.0. The van der Waals surface area contributed by atoms with Gasteiger partial charge in [-0.15, -0.1) is 0 Å². The van der Waals surface area contributed by atoms with Crippen LogP contribution in [-0.2, 0) is 10.2 Å². The summed E-state index contributed by atoms with van der Waals surface area (Å²) in [5, 5.41) is 3.06. The summed E-state index contributed by atoms with van der Waals surface area (Å²) in [5.74, 6) is -1.79. The Morgan fingerprint density at radius 1 is 0.872 bits per heavy atom. The zero-order valence-electron chi connectivity index (χ0n) is 20.6. The van der Waals surface area contributed by atoms with Crippen LogP contribution in [-0.4, -0.2) is 33.4 Å². The summed E-state index contributed by atoms with van der Waals surface area (Å²) in [6, 6.07) is 24.4. The van der Waals surface area contributed by atoms with Crippen molar-refractivity contribution < 1.29 is 14.4 Å². The number of Topliss-reactive ketones (excluding diaryl/α,β-unsaturated/α-hetero) is 2. The minimum absolute atomic E-state index is 0.215. The number of rotatable bonds is 4. The average Bonchev–Trinajstić information content (AvgIpc) is 3.45. The van der Waals surface area contributed by atoms with Gasteiger partial charge in [0.15, 0.2) is 11.6 Å². The lowest BCUT2D eigenvalue weighted by molar-refractivity contribution is -0.122. The van der Waals surface area contributed by atoms with Gasteiger partial charge in [-0.05, 0) is 53.1 Å². The van der Waals surface area contributed by atoms with Crippen molar-refractivity contribution >= 4 is 45.2 Å². The monoisotopic (exact) mass is 575 g/mol. The normalized spacial score (nSPS) is 24.2. The molecule has 0 radical (unpaired) electrons. The number of pyridine rings is 1. The molecule has 190 valence electrons. The van der Waals surface area contributed by atoms with Gasteiger partial charge in [0.05, 0.1) is 12.0 Å². The van der Waals surface area contributed by atoms with Crippen LogP contribution in [0.4, 0.5) is 5.69 Å². The number of ketones is 2. The molecule has 1 spiro atoms. The second-order valence-electron chi connectivity index (χ2n) is 10.1. The van der Waals surface area contributed by atoms with E-state index < -0.39 is 23.4 Å². The van der Waals surface area contributed by atoms with Crippen LogP contribution in [0.25, 0.3) is 6.08 Å². The average molecular weight is 576 g/mol. The SMILES string of the molecule is O=C(c1cccnc1)[C@@H]1[C@H](C(=O)c2ccc(Br)cc2)N2C=Cc3ccccc3[C@H]2[C@]12C(=O)Nc1ccccc12. The Kier molecular flexibility index (Phi) is 5.39. The molecule has 1 fully saturated rings. The Labute approximate surface area is 233 Å². The molecule has 7 rings (SSSR count). The molecule has 0 bridgehead atoms. The number of benzene rings is 3. The molecule has 3 aliphatic rings. The van der Waals surface area contributed by atoms with Gasteiger partial charge in [-0.1, -0.05) is 70.5 Å². The summed E-state index contributed by atoms with van der Waals surface area (Å²) in [6.07, 6.45) is 6.94. The summed E-state index contributed by atoms with van der Waals surface area (Å²) < 4.78 is 0.846. The number of nitrogens with one attached hydrogen (secondary N) is 1. The summed E-state index contributed by atoms with van der Waals surface area (Å²) >= 11 is 3.44. The molecule has 1 N–H and O–H groups in total. The van der Waals surface area contributed by atoms with Crippen molar-refractivity contribution in [3.63, 3.8) is 0 Å². The Morgan fingerprint density at radius 3 is 2.44 bits per heavy atom. The molecule has 1 amide bonds. The molecule has 4 atom stereocenters. The van der Waals surface area contributed by atoms with Gasteiger partial charge in [0, 0.05) is 39.9 Å². The highest BCUT2D eigenvalue weighted by molar-refractivity contribution is 9.10. The first-order chi connectivity index (χ1) is 19.0. The molecule has 1 aromatic heterocycles.